The Morgan fingerprint density at radius 3 is 1.02 bits per heavy atom. The zero-order chi connectivity index (χ0) is 39.5. The number of alkyl halides is 12. The van der Waals surface area contributed by atoms with Gasteiger partial charge in [-0.2, -0.15) is 52.7 Å². The van der Waals surface area contributed by atoms with E-state index in [1.807, 2.05) is 0 Å². The summed E-state index contributed by atoms with van der Waals surface area (Å²) in [5.74, 6) is -2.62. The predicted molar refractivity (Wildman–Crippen MR) is 189 cm³/mol. The fourth-order valence-corrected chi connectivity index (χ4v) is 14.5. The SMILES string of the molecule is C1CCCC1.C[C@H](C1CCCC1C(c1cc(C(F)(F)F)cc(C(F)(F)F)c1)c1cc(C(F)(F)F)cc(C(F)(F)F)c1)P(C1CCCCC1)C1CCCCC1.[Fe]. The van der Waals surface area contributed by atoms with Crippen LogP contribution in [0.25, 0.3) is 0 Å². The summed E-state index contributed by atoms with van der Waals surface area (Å²) >= 11 is 0. The van der Waals surface area contributed by atoms with Gasteiger partial charge in [0.1, 0.15) is 0 Å². The Hall–Kier alpha value is -1.45. The zero-order valence-electron chi connectivity index (χ0n) is 31.0. The summed E-state index contributed by atoms with van der Waals surface area (Å²) < 4.78 is 169. The first-order chi connectivity index (χ1) is 25.2. The van der Waals surface area contributed by atoms with E-state index in [-0.39, 0.29) is 47.2 Å². The quantitative estimate of drug-likeness (QED) is 0.148. The standard InChI is InChI=1S/C36H41F12P.C5H10.Fe/c1-21(49(28-9-4-2-5-10-28)29-11-6-3-7-12-29)30-13-8-14-31(30)32(22-15-24(33(37,38)39)19-25(16-22)34(40,41)42)23-17-26(35(43,44)45)20-27(18-23)36(46,47)48;1-2-4-5-3-1;/h15-21,28-32H,2-14H2,1H3;1-5H2;/t21-,30?,31?;;/m1../s1. The van der Waals surface area contributed by atoms with Crippen LogP contribution in [0.2, 0.25) is 0 Å². The van der Waals surface area contributed by atoms with Crippen LogP contribution in [0.15, 0.2) is 36.4 Å². The molecule has 0 aromatic heterocycles. The molecule has 0 saturated heterocycles. The van der Waals surface area contributed by atoms with E-state index in [2.05, 4.69) is 6.92 Å². The van der Waals surface area contributed by atoms with Crippen molar-refractivity contribution in [3.05, 3.63) is 69.8 Å². The fourth-order valence-electron chi connectivity index (χ4n) is 9.86. The van der Waals surface area contributed by atoms with Crippen molar-refractivity contribution in [1.29, 1.82) is 0 Å². The minimum Gasteiger partial charge on any atom is -0.166 e. The Bertz CT molecular complexity index is 1330. The Morgan fingerprint density at radius 1 is 0.418 bits per heavy atom. The third kappa shape index (κ3) is 12.1. The molecule has 4 fully saturated rings. The molecule has 0 nitrogen and oxygen atoms in total. The van der Waals surface area contributed by atoms with E-state index >= 15 is 0 Å². The average Bonchev–Trinajstić information content (AvgIpc) is 3.84. The summed E-state index contributed by atoms with van der Waals surface area (Å²) in [5.41, 5.74) is -6.92. The molecule has 0 bridgehead atoms. The van der Waals surface area contributed by atoms with Crippen LogP contribution in [-0.4, -0.2) is 17.0 Å². The van der Waals surface area contributed by atoms with Crippen molar-refractivity contribution in [2.24, 2.45) is 11.8 Å². The first kappa shape index (κ1) is 46.2. The van der Waals surface area contributed by atoms with Gasteiger partial charge in [0.25, 0.3) is 0 Å². The van der Waals surface area contributed by atoms with Gasteiger partial charge < -0.3 is 0 Å². The van der Waals surface area contributed by atoms with E-state index in [0.717, 1.165) is 64.2 Å². The van der Waals surface area contributed by atoms with E-state index in [1.54, 1.807) is 0 Å². The first-order valence-electron chi connectivity index (χ1n) is 19.6. The molecule has 4 aliphatic rings. The molecule has 2 aromatic carbocycles. The Morgan fingerprint density at radius 2 is 0.709 bits per heavy atom. The molecule has 2 aromatic rings. The number of benzene rings is 2. The topological polar surface area (TPSA) is 0 Å². The second-order valence-electron chi connectivity index (χ2n) is 16.0. The van der Waals surface area contributed by atoms with Crippen molar-refractivity contribution >= 4 is 7.92 Å². The largest absolute Gasteiger partial charge is 0.416 e. The van der Waals surface area contributed by atoms with Crippen LogP contribution in [0.1, 0.15) is 162 Å². The van der Waals surface area contributed by atoms with Crippen molar-refractivity contribution in [3.63, 3.8) is 0 Å². The maximum absolute atomic E-state index is 14.1. The number of hydrogen-bond acceptors (Lipinski definition) is 0. The van der Waals surface area contributed by atoms with Crippen molar-refractivity contribution < 1.29 is 69.8 Å². The molecular formula is C41H51F12FeP. The van der Waals surface area contributed by atoms with E-state index in [1.165, 1.54) is 32.1 Å². The van der Waals surface area contributed by atoms with E-state index in [4.69, 9.17) is 0 Å². The van der Waals surface area contributed by atoms with Gasteiger partial charge in [0.05, 0.1) is 22.3 Å². The maximum Gasteiger partial charge on any atom is 0.416 e. The van der Waals surface area contributed by atoms with Crippen LogP contribution < -0.4 is 0 Å². The maximum atomic E-state index is 14.1. The summed E-state index contributed by atoms with van der Waals surface area (Å²) in [6.45, 7) is 2.08. The van der Waals surface area contributed by atoms with Gasteiger partial charge in [0.15, 0.2) is 0 Å². The molecular weight excluding hydrogens is 807 g/mol. The second kappa shape index (κ2) is 19.1. The van der Waals surface area contributed by atoms with Gasteiger partial charge >= 0.3 is 24.7 Å². The molecule has 3 atom stereocenters. The number of hydrogen-bond donors (Lipinski definition) is 0. The van der Waals surface area contributed by atoms with Crippen LogP contribution in [0.3, 0.4) is 0 Å². The van der Waals surface area contributed by atoms with Crippen molar-refractivity contribution in [2.45, 2.75) is 170 Å². The van der Waals surface area contributed by atoms with Gasteiger partial charge in [-0.3, -0.25) is 0 Å². The van der Waals surface area contributed by atoms with Gasteiger partial charge in [-0.15, -0.1) is 0 Å². The van der Waals surface area contributed by atoms with Crippen LogP contribution in [0.5, 0.6) is 0 Å². The van der Waals surface area contributed by atoms with Gasteiger partial charge in [-0.05, 0) is 115 Å². The van der Waals surface area contributed by atoms with Crippen molar-refractivity contribution in [1.82, 2.24) is 0 Å². The fraction of sp³-hybridized carbons (Fsp3) is 0.707. The number of rotatable bonds is 7. The minimum absolute atomic E-state index is 0. The van der Waals surface area contributed by atoms with Crippen molar-refractivity contribution in [3.8, 4) is 0 Å². The van der Waals surface area contributed by atoms with Crippen LogP contribution in [-0.2, 0) is 41.8 Å². The Balaban J connectivity index is 0.00000104. The summed E-state index contributed by atoms with van der Waals surface area (Å²) in [6, 6.07) is 1.82. The molecule has 0 spiro atoms. The van der Waals surface area contributed by atoms with E-state index in [9.17, 15) is 52.7 Å². The monoisotopic (exact) mass is 858 g/mol. The molecule has 4 saturated carbocycles. The Labute approximate surface area is 328 Å². The normalized spacial score (nSPS) is 22.7. The molecule has 55 heavy (non-hydrogen) atoms. The average molecular weight is 859 g/mol. The van der Waals surface area contributed by atoms with Gasteiger partial charge in [-0.1, -0.05) is 91.9 Å². The predicted octanol–water partition coefficient (Wildman–Crippen LogP) is 15.8. The van der Waals surface area contributed by atoms with E-state index in [0.29, 0.717) is 48.4 Å². The molecule has 14 heteroatoms. The number of halogens is 12. The molecule has 0 amide bonds. The summed E-state index contributed by atoms with van der Waals surface area (Å²) in [5, 5.41) is 0. The zero-order valence-corrected chi connectivity index (χ0v) is 33.0. The molecule has 312 valence electrons. The molecule has 0 heterocycles. The molecule has 4 aliphatic carbocycles. The molecule has 2 unspecified atom stereocenters. The smallest absolute Gasteiger partial charge is 0.166 e. The Kier molecular flexibility index (Phi) is 16.0. The van der Waals surface area contributed by atoms with Gasteiger partial charge in [-0.25, -0.2) is 0 Å². The molecule has 6 rings (SSSR count). The summed E-state index contributed by atoms with van der Waals surface area (Å²) in [6.07, 6.45) is -1.57. The second-order valence-corrected chi connectivity index (χ2v) is 19.1. The van der Waals surface area contributed by atoms with Crippen LogP contribution in [0.4, 0.5) is 52.7 Å². The van der Waals surface area contributed by atoms with Crippen LogP contribution >= 0.6 is 7.92 Å². The molecule has 0 aliphatic heterocycles. The first-order valence-corrected chi connectivity index (χ1v) is 21.2. The van der Waals surface area contributed by atoms with Gasteiger partial charge in [0.2, 0.25) is 0 Å². The molecule has 0 N–H and O–H groups in total. The summed E-state index contributed by atoms with van der Waals surface area (Å²) in [7, 11) is -0.677. The van der Waals surface area contributed by atoms with E-state index < -0.39 is 77.8 Å². The van der Waals surface area contributed by atoms with Crippen molar-refractivity contribution in [2.75, 3.05) is 0 Å². The third-order valence-corrected chi connectivity index (χ3v) is 16.4. The molecule has 0 radical (unpaired) electrons. The summed E-state index contributed by atoms with van der Waals surface area (Å²) in [4.78, 5) is 0. The third-order valence-electron chi connectivity index (χ3n) is 12.3. The van der Waals surface area contributed by atoms with Crippen LogP contribution in [0, 0.1) is 11.8 Å². The van der Waals surface area contributed by atoms with Gasteiger partial charge in [0, 0.05) is 23.0 Å². The minimum atomic E-state index is -5.25.